The zero-order chi connectivity index (χ0) is 8.10. The Morgan fingerprint density at radius 2 is 2.27 bits per heavy atom. The smallest absolute Gasteiger partial charge is 0.123 e. The molecule has 0 spiro atoms. The Bertz CT molecular complexity index is 96.3. The number of nitrogens with one attached hydrogen (secondary N) is 2. The maximum Gasteiger partial charge on any atom is 0.123 e. The molecule has 0 amide bonds. The summed E-state index contributed by atoms with van der Waals surface area (Å²) in [6.45, 7) is 1.08. The van der Waals surface area contributed by atoms with Crippen molar-refractivity contribution in [3.8, 4) is 0 Å². The topological polar surface area (TPSA) is 33.3 Å². The van der Waals surface area contributed by atoms with Crippen LogP contribution in [-0.2, 0) is 4.74 Å². The van der Waals surface area contributed by atoms with Crippen molar-refractivity contribution in [3.63, 3.8) is 0 Å². The van der Waals surface area contributed by atoms with E-state index in [1.54, 1.807) is 7.11 Å². The van der Waals surface area contributed by atoms with Crippen LogP contribution in [0.15, 0.2) is 0 Å². The molecule has 0 aliphatic carbocycles. The van der Waals surface area contributed by atoms with E-state index in [2.05, 4.69) is 10.6 Å². The van der Waals surface area contributed by atoms with Crippen molar-refractivity contribution in [1.82, 2.24) is 10.6 Å². The van der Waals surface area contributed by atoms with Crippen LogP contribution in [0.1, 0.15) is 19.3 Å². The summed E-state index contributed by atoms with van der Waals surface area (Å²) >= 11 is 0. The minimum Gasteiger partial charge on any atom is -0.365 e. The van der Waals surface area contributed by atoms with E-state index in [1.165, 1.54) is 19.3 Å². The van der Waals surface area contributed by atoms with Gasteiger partial charge in [0, 0.05) is 13.2 Å². The second kappa shape index (κ2) is 4.70. The Hall–Kier alpha value is -0.120. The van der Waals surface area contributed by atoms with E-state index in [9.17, 15) is 0 Å². The molecule has 0 radical (unpaired) electrons. The number of ether oxygens (including phenoxy) is 1. The van der Waals surface area contributed by atoms with Gasteiger partial charge in [0.2, 0.25) is 0 Å². The van der Waals surface area contributed by atoms with E-state index in [-0.39, 0.29) is 6.23 Å². The van der Waals surface area contributed by atoms with Gasteiger partial charge < -0.3 is 10.1 Å². The molecule has 11 heavy (non-hydrogen) atoms. The van der Waals surface area contributed by atoms with Crippen LogP contribution in [0.5, 0.6) is 0 Å². The largest absolute Gasteiger partial charge is 0.365 e. The molecule has 0 aromatic carbocycles. The Kier molecular flexibility index (Phi) is 3.83. The van der Waals surface area contributed by atoms with Gasteiger partial charge in [-0.3, -0.25) is 5.32 Å². The van der Waals surface area contributed by atoms with Gasteiger partial charge in [0.15, 0.2) is 0 Å². The summed E-state index contributed by atoms with van der Waals surface area (Å²) < 4.78 is 5.30. The Balaban J connectivity index is 2.41. The lowest BCUT2D eigenvalue weighted by Crippen LogP contribution is -2.46. The zero-order valence-corrected chi connectivity index (χ0v) is 7.39. The molecule has 3 heteroatoms. The third kappa shape index (κ3) is 2.43. The Morgan fingerprint density at radius 3 is 2.91 bits per heavy atom. The first kappa shape index (κ1) is 8.97. The molecule has 2 N–H and O–H groups in total. The molecule has 2 unspecified atom stereocenters. The first-order valence-corrected chi connectivity index (χ1v) is 4.32. The minimum absolute atomic E-state index is 0.197. The molecule has 1 fully saturated rings. The molecule has 1 aliphatic heterocycles. The van der Waals surface area contributed by atoms with Gasteiger partial charge in [0.05, 0.1) is 0 Å². The lowest BCUT2D eigenvalue weighted by molar-refractivity contribution is 0.0476. The first-order valence-electron chi connectivity index (χ1n) is 4.32. The number of likely N-dealkylation sites (N-methyl/N-ethyl adjacent to an activating group) is 1. The predicted molar refractivity (Wildman–Crippen MR) is 45.5 cm³/mol. The molecule has 0 bridgehead atoms. The SMILES string of the molecule is CNC1CCCCNC1OC. The van der Waals surface area contributed by atoms with E-state index >= 15 is 0 Å². The second-order valence-electron chi connectivity index (χ2n) is 3.00. The molecule has 1 saturated heterocycles. The van der Waals surface area contributed by atoms with Gasteiger partial charge in [-0.25, -0.2) is 0 Å². The van der Waals surface area contributed by atoms with Crippen LogP contribution < -0.4 is 10.6 Å². The summed E-state index contributed by atoms with van der Waals surface area (Å²) in [6.07, 6.45) is 3.96. The summed E-state index contributed by atoms with van der Waals surface area (Å²) in [5, 5.41) is 6.60. The van der Waals surface area contributed by atoms with Gasteiger partial charge in [-0.2, -0.15) is 0 Å². The maximum atomic E-state index is 5.30. The van der Waals surface area contributed by atoms with E-state index < -0.39 is 0 Å². The van der Waals surface area contributed by atoms with Crippen LogP contribution in [-0.4, -0.2) is 33.0 Å². The van der Waals surface area contributed by atoms with Gasteiger partial charge in [0.1, 0.15) is 6.23 Å². The fourth-order valence-corrected chi connectivity index (χ4v) is 1.57. The zero-order valence-electron chi connectivity index (χ0n) is 7.39. The fourth-order valence-electron chi connectivity index (χ4n) is 1.57. The number of rotatable bonds is 2. The normalized spacial score (nSPS) is 33.3. The van der Waals surface area contributed by atoms with Crippen LogP contribution in [0.3, 0.4) is 0 Å². The summed E-state index contributed by atoms with van der Waals surface area (Å²) in [4.78, 5) is 0. The Labute approximate surface area is 68.5 Å². The van der Waals surface area contributed by atoms with Crippen LogP contribution in [0.2, 0.25) is 0 Å². The molecule has 0 aromatic rings. The van der Waals surface area contributed by atoms with Crippen molar-refractivity contribution in [3.05, 3.63) is 0 Å². The van der Waals surface area contributed by atoms with Gasteiger partial charge in [0.25, 0.3) is 0 Å². The standard InChI is InChI=1S/C8H18N2O/c1-9-7-5-3-4-6-10-8(7)11-2/h7-10H,3-6H2,1-2H3. The summed E-state index contributed by atoms with van der Waals surface area (Å²) in [5.41, 5.74) is 0. The van der Waals surface area contributed by atoms with E-state index in [0.29, 0.717) is 6.04 Å². The predicted octanol–water partition coefficient (Wildman–Crippen LogP) is 0.320. The highest BCUT2D eigenvalue weighted by molar-refractivity contribution is 4.76. The molecule has 3 nitrogen and oxygen atoms in total. The van der Waals surface area contributed by atoms with Crippen molar-refractivity contribution in [2.75, 3.05) is 20.7 Å². The number of hydrogen-bond acceptors (Lipinski definition) is 3. The first-order chi connectivity index (χ1) is 5.38. The van der Waals surface area contributed by atoms with Crippen molar-refractivity contribution in [2.45, 2.75) is 31.5 Å². The molecule has 1 rings (SSSR count). The molecular formula is C8H18N2O. The maximum absolute atomic E-state index is 5.30. The quantitative estimate of drug-likeness (QED) is 0.607. The summed E-state index contributed by atoms with van der Waals surface area (Å²) in [6, 6.07) is 0.475. The molecule has 66 valence electrons. The fraction of sp³-hybridized carbons (Fsp3) is 1.00. The monoisotopic (exact) mass is 158 g/mol. The van der Waals surface area contributed by atoms with Gasteiger partial charge >= 0.3 is 0 Å². The molecule has 0 aromatic heterocycles. The van der Waals surface area contributed by atoms with Gasteiger partial charge in [-0.1, -0.05) is 6.42 Å². The molecule has 2 atom stereocenters. The van der Waals surface area contributed by atoms with Crippen molar-refractivity contribution < 1.29 is 4.74 Å². The van der Waals surface area contributed by atoms with Crippen LogP contribution in [0, 0.1) is 0 Å². The highest BCUT2D eigenvalue weighted by atomic mass is 16.5. The average Bonchev–Trinajstić information content (AvgIpc) is 2.27. The van der Waals surface area contributed by atoms with E-state index in [1.807, 2.05) is 7.05 Å². The minimum atomic E-state index is 0.197. The average molecular weight is 158 g/mol. The van der Waals surface area contributed by atoms with Crippen molar-refractivity contribution >= 4 is 0 Å². The number of hydrogen-bond donors (Lipinski definition) is 2. The number of methoxy groups -OCH3 is 1. The van der Waals surface area contributed by atoms with E-state index in [0.717, 1.165) is 6.54 Å². The molecule has 1 heterocycles. The van der Waals surface area contributed by atoms with Crippen LogP contribution >= 0.6 is 0 Å². The van der Waals surface area contributed by atoms with Crippen LogP contribution in [0.25, 0.3) is 0 Å². The van der Waals surface area contributed by atoms with Crippen LogP contribution in [0.4, 0.5) is 0 Å². The third-order valence-electron chi connectivity index (χ3n) is 2.28. The van der Waals surface area contributed by atoms with Crippen molar-refractivity contribution in [1.29, 1.82) is 0 Å². The molecule has 1 aliphatic rings. The molecular weight excluding hydrogens is 140 g/mol. The molecule has 0 saturated carbocycles. The Morgan fingerprint density at radius 1 is 1.45 bits per heavy atom. The third-order valence-corrected chi connectivity index (χ3v) is 2.28. The highest BCUT2D eigenvalue weighted by Gasteiger charge is 2.20. The summed E-state index contributed by atoms with van der Waals surface area (Å²) in [5.74, 6) is 0. The summed E-state index contributed by atoms with van der Waals surface area (Å²) in [7, 11) is 3.75. The lowest BCUT2D eigenvalue weighted by atomic mass is 10.1. The van der Waals surface area contributed by atoms with Gasteiger partial charge in [-0.15, -0.1) is 0 Å². The second-order valence-corrected chi connectivity index (χ2v) is 3.00. The van der Waals surface area contributed by atoms with Crippen molar-refractivity contribution in [2.24, 2.45) is 0 Å². The van der Waals surface area contributed by atoms with E-state index in [4.69, 9.17) is 4.74 Å². The van der Waals surface area contributed by atoms with Gasteiger partial charge in [-0.05, 0) is 26.4 Å². The highest BCUT2D eigenvalue weighted by Crippen LogP contribution is 2.09. The lowest BCUT2D eigenvalue weighted by Gasteiger charge is -2.23.